The number of amides is 1. The van der Waals surface area contributed by atoms with Crippen LogP contribution in [0.5, 0.6) is 0 Å². The summed E-state index contributed by atoms with van der Waals surface area (Å²) in [7, 11) is 0. The van der Waals surface area contributed by atoms with E-state index >= 15 is 0 Å². The second kappa shape index (κ2) is 9.42. The highest BCUT2D eigenvalue weighted by atomic mass is 32.1. The van der Waals surface area contributed by atoms with Gasteiger partial charge in [-0.15, -0.1) is 11.3 Å². The molecular weight excluding hydrogens is 300 g/mol. The summed E-state index contributed by atoms with van der Waals surface area (Å²) in [5.41, 5.74) is -0.977. The molecule has 22 heavy (non-hydrogen) atoms. The second-order valence-electron chi connectivity index (χ2n) is 5.15. The fourth-order valence-corrected chi connectivity index (χ4v) is 2.53. The van der Waals surface area contributed by atoms with Crippen LogP contribution in [-0.2, 0) is 10.4 Å². The van der Waals surface area contributed by atoms with Gasteiger partial charge in [0.1, 0.15) is 12.1 Å². The highest BCUT2D eigenvalue weighted by Crippen LogP contribution is 2.24. The van der Waals surface area contributed by atoms with Crippen molar-refractivity contribution in [3.05, 3.63) is 22.4 Å². The molecule has 0 aromatic carbocycles. The molecule has 1 heterocycles. The molecule has 7 heteroatoms. The lowest BCUT2D eigenvalue weighted by molar-refractivity contribution is -0.119. The van der Waals surface area contributed by atoms with Gasteiger partial charge < -0.3 is 21.1 Å². The highest BCUT2D eigenvalue weighted by Gasteiger charge is 2.24. The Kier molecular flexibility index (Phi) is 7.90. The lowest BCUT2D eigenvalue weighted by Gasteiger charge is -2.23. The maximum atomic E-state index is 11.6. The Morgan fingerprint density at radius 1 is 1.36 bits per heavy atom. The van der Waals surface area contributed by atoms with Crippen molar-refractivity contribution >= 4 is 23.2 Å². The van der Waals surface area contributed by atoms with E-state index in [2.05, 4.69) is 20.9 Å². The van der Waals surface area contributed by atoms with E-state index in [1.165, 1.54) is 11.3 Å². The van der Waals surface area contributed by atoms with Gasteiger partial charge in [-0.25, -0.2) is 4.99 Å². The number of hydrogen-bond acceptors (Lipinski definition) is 4. The first-order valence-electron chi connectivity index (χ1n) is 7.54. The molecule has 1 amide bonds. The minimum absolute atomic E-state index is 0.0660. The summed E-state index contributed by atoms with van der Waals surface area (Å²) in [6, 6.07) is 3.81. The molecule has 4 N–H and O–H groups in total. The van der Waals surface area contributed by atoms with Crippen LogP contribution in [-0.4, -0.2) is 43.2 Å². The van der Waals surface area contributed by atoms with Gasteiger partial charge in [0, 0.05) is 18.0 Å². The molecule has 0 aliphatic rings. The first-order valence-corrected chi connectivity index (χ1v) is 8.42. The topological polar surface area (TPSA) is 85.8 Å². The summed E-state index contributed by atoms with van der Waals surface area (Å²) in [5.74, 6) is 0.412. The fraction of sp³-hybridized carbons (Fsp3) is 0.600. The van der Waals surface area contributed by atoms with E-state index in [0.717, 1.165) is 11.3 Å². The lowest BCUT2D eigenvalue weighted by atomic mass is 10.1. The summed E-state index contributed by atoms with van der Waals surface area (Å²) in [4.78, 5) is 16.7. The molecule has 0 bridgehead atoms. The van der Waals surface area contributed by atoms with Crippen LogP contribution in [0.15, 0.2) is 22.5 Å². The summed E-state index contributed by atoms with van der Waals surface area (Å²) < 4.78 is 0. The number of nitrogens with one attached hydrogen (secondary N) is 3. The van der Waals surface area contributed by atoms with Crippen LogP contribution in [0.25, 0.3) is 0 Å². The van der Waals surface area contributed by atoms with Gasteiger partial charge in [0.05, 0.1) is 6.54 Å². The van der Waals surface area contributed by atoms with Crippen LogP contribution in [0.2, 0.25) is 0 Å². The zero-order valence-electron chi connectivity index (χ0n) is 13.5. The molecule has 124 valence electrons. The molecule has 0 aliphatic carbocycles. The van der Waals surface area contributed by atoms with E-state index in [9.17, 15) is 9.90 Å². The third kappa shape index (κ3) is 6.44. The maximum absolute atomic E-state index is 11.6. The van der Waals surface area contributed by atoms with Gasteiger partial charge in [-0.2, -0.15) is 0 Å². The Morgan fingerprint density at radius 3 is 2.73 bits per heavy atom. The van der Waals surface area contributed by atoms with Gasteiger partial charge in [0.15, 0.2) is 5.96 Å². The molecular formula is C15H26N4O2S. The highest BCUT2D eigenvalue weighted by molar-refractivity contribution is 7.10. The predicted octanol–water partition coefficient (Wildman–Crippen LogP) is 1.04. The van der Waals surface area contributed by atoms with Gasteiger partial charge in [-0.1, -0.05) is 13.0 Å². The molecule has 1 atom stereocenters. The van der Waals surface area contributed by atoms with Crippen molar-refractivity contribution in [2.24, 2.45) is 4.99 Å². The normalized spacial score (nSPS) is 14.3. The Bertz CT molecular complexity index is 472. The van der Waals surface area contributed by atoms with Gasteiger partial charge in [0.25, 0.3) is 0 Å². The molecule has 0 spiro atoms. The zero-order valence-corrected chi connectivity index (χ0v) is 14.3. The SMILES string of the molecule is CCCNC(=O)CN=C(NCC)NCC(C)(O)c1cccs1. The number of aliphatic hydroxyl groups is 1. The summed E-state index contributed by atoms with van der Waals surface area (Å²) >= 11 is 1.51. The lowest BCUT2D eigenvalue weighted by Crippen LogP contribution is -2.44. The van der Waals surface area contributed by atoms with Crippen LogP contribution in [0, 0.1) is 0 Å². The van der Waals surface area contributed by atoms with Crippen molar-refractivity contribution in [2.75, 3.05) is 26.2 Å². The van der Waals surface area contributed by atoms with Crippen LogP contribution < -0.4 is 16.0 Å². The van der Waals surface area contributed by atoms with E-state index in [0.29, 0.717) is 25.6 Å². The van der Waals surface area contributed by atoms with Crippen molar-refractivity contribution in [1.82, 2.24) is 16.0 Å². The molecule has 0 radical (unpaired) electrons. The van der Waals surface area contributed by atoms with E-state index in [1.807, 2.05) is 31.4 Å². The quantitative estimate of drug-likeness (QED) is 0.425. The number of rotatable bonds is 8. The Hall–Kier alpha value is -1.60. The minimum atomic E-state index is -0.977. The average Bonchev–Trinajstić information content (AvgIpc) is 3.03. The fourth-order valence-electron chi connectivity index (χ4n) is 1.74. The Balaban J connectivity index is 2.54. The number of nitrogens with zero attached hydrogens (tertiary/aromatic N) is 1. The van der Waals surface area contributed by atoms with E-state index in [-0.39, 0.29) is 12.5 Å². The van der Waals surface area contributed by atoms with Crippen LogP contribution in [0.4, 0.5) is 0 Å². The summed E-state index contributed by atoms with van der Waals surface area (Å²) in [6.07, 6.45) is 0.900. The second-order valence-corrected chi connectivity index (χ2v) is 6.10. The van der Waals surface area contributed by atoms with E-state index in [4.69, 9.17) is 0 Å². The summed E-state index contributed by atoms with van der Waals surface area (Å²) in [6.45, 7) is 7.43. The Morgan fingerprint density at radius 2 is 2.14 bits per heavy atom. The predicted molar refractivity (Wildman–Crippen MR) is 91.2 cm³/mol. The third-order valence-electron chi connectivity index (χ3n) is 2.95. The largest absolute Gasteiger partial charge is 0.383 e. The monoisotopic (exact) mass is 326 g/mol. The number of thiophene rings is 1. The minimum Gasteiger partial charge on any atom is -0.383 e. The van der Waals surface area contributed by atoms with Crippen LogP contribution in [0.3, 0.4) is 0 Å². The summed E-state index contributed by atoms with van der Waals surface area (Å²) in [5, 5.41) is 21.3. The number of aliphatic imine (C=N–C) groups is 1. The third-order valence-corrected chi connectivity index (χ3v) is 4.07. The molecule has 0 saturated heterocycles. The van der Waals surface area contributed by atoms with E-state index in [1.54, 1.807) is 6.92 Å². The van der Waals surface area contributed by atoms with Gasteiger partial charge in [0.2, 0.25) is 5.91 Å². The number of carbonyl (C=O) groups excluding carboxylic acids is 1. The van der Waals surface area contributed by atoms with Crippen LogP contribution >= 0.6 is 11.3 Å². The van der Waals surface area contributed by atoms with Gasteiger partial charge >= 0.3 is 0 Å². The molecule has 1 aromatic rings. The molecule has 0 aliphatic heterocycles. The van der Waals surface area contributed by atoms with Crippen molar-refractivity contribution < 1.29 is 9.90 Å². The number of guanidine groups is 1. The molecule has 0 fully saturated rings. The van der Waals surface area contributed by atoms with Crippen molar-refractivity contribution in [1.29, 1.82) is 0 Å². The van der Waals surface area contributed by atoms with Gasteiger partial charge in [-0.3, -0.25) is 4.79 Å². The van der Waals surface area contributed by atoms with Gasteiger partial charge in [-0.05, 0) is 31.7 Å². The maximum Gasteiger partial charge on any atom is 0.241 e. The van der Waals surface area contributed by atoms with Crippen molar-refractivity contribution in [3.63, 3.8) is 0 Å². The molecule has 6 nitrogen and oxygen atoms in total. The first-order chi connectivity index (χ1) is 10.5. The first kappa shape index (κ1) is 18.4. The molecule has 1 rings (SSSR count). The number of hydrogen-bond donors (Lipinski definition) is 4. The zero-order chi connectivity index (χ0) is 16.4. The average molecular weight is 326 g/mol. The molecule has 0 saturated carbocycles. The number of carbonyl (C=O) groups is 1. The van der Waals surface area contributed by atoms with Crippen molar-refractivity contribution in [3.8, 4) is 0 Å². The van der Waals surface area contributed by atoms with E-state index < -0.39 is 5.60 Å². The molecule has 1 unspecified atom stereocenters. The van der Waals surface area contributed by atoms with Crippen LogP contribution in [0.1, 0.15) is 32.1 Å². The standard InChI is InChI=1S/C15H26N4O2S/c1-4-8-17-13(20)10-18-14(16-5-2)19-11-15(3,21)12-7-6-9-22-12/h6-7,9,21H,4-5,8,10-11H2,1-3H3,(H,17,20)(H2,16,18,19). The Labute approximate surface area is 136 Å². The van der Waals surface area contributed by atoms with Crippen molar-refractivity contribution in [2.45, 2.75) is 32.8 Å². The molecule has 1 aromatic heterocycles. The smallest absolute Gasteiger partial charge is 0.241 e.